The van der Waals surface area contributed by atoms with Crippen LogP contribution >= 0.6 is 0 Å². The Bertz CT molecular complexity index is 639. The summed E-state index contributed by atoms with van der Waals surface area (Å²) in [6.45, 7) is 0. The van der Waals surface area contributed by atoms with Gasteiger partial charge in [0.05, 0.1) is 11.0 Å². The first kappa shape index (κ1) is 13.3. The molecule has 0 unspecified atom stereocenters. The van der Waals surface area contributed by atoms with Gasteiger partial charge in [0.25, 0.3) is 0 Å². The zero-order valence-corrected chi connectivity index (χ0v) is 9.60. The molecule has 2 aromatic heterocycles. The fourth-order valence-electron chi connectivity index (χ4n) is 1.70. The fourth-order valence-corrected chi connectivity index (χ4v) is 1.70. The third-order valence-electron chi connectivity index (χ3n) is 2.35. The molecule has 0 amide bonds. The van der Waals surface area contributed by atoms with Crippen LogP contribution in [0.15, 0.2) is 48.8 Å². The van der Waals surface area contributed by atoms with Crippen molar-refractivity contribution < 1.29 is 17.3 Å². The molecule has 0 radical (unpaired) electrons. The van der Waals surface area contributed by atoms with Crippen LogP contribution in [0.2, 0.25) is 0 Å². The fraction of sp³-hybridized carbons (Fsp3) is 0. The SMILES string of the molecule is F[B-](F)(F)F.c1cnc2c(c1)ccc1ncccc12. The molecule has 98 valence electrons. The lowest BCUT2D eigenvalue weighted by molar-refractivity contribution is 0.368. The summed E-state index contributed by atoms with van der Waals surface area (Å²) in [5.41, 5.74) is 2.02. The van der Waals surface area contributed by atoms with Gasteiger partial charge in [-0.25, -0.2) is 0 Å². The molecule has 3 rings (SSSR count). The maximum Gasteiger partial charge on any atom is 0.673 e. The van der Waals surface area contributed by atoms with E-state index in [1.807, 2.05) is 24.4 Å². The predicted octanol–water partition coefficient (Wildman–Crippen LogP) is 4.08. The maximum absolute atomic E-state index is 9.75. The Hall–Kier alpha value is -2.18. The number of halogens is 4. The van der Waals surface area contributed by atoms with Gasteiger partial charge in [0, 0.05) is 23.2 Å². The van der Waals surface area contributed by atoms with Gasteiger partial charge >= 0.3 is 7.25 Å². The van der Waals surface area contributed by atoms with E-state index in [0.717, 1.165) is 21.8 Å². The standard InChI is InChI=1S/C12H8N2.BF4/c1-3-9-5-6-11-10(4-2-7-13-11)12(9)14-8-1;2-1(3,4)5/h1-8H;/q;-1. The normalized spacial score (nSPS) is 11.2. The monoisotopic (exact) mass is 267 g/mol. The van der Waals surface area contributed by atoms with Crippen LogP contribution in [0.25, 0.3) is 21.8 Å². The van der Waals surface area contributed by atoms with Gasteiger partial charge in [-0.1, -0.05) is 12.1 Å². The second-order valence-corrected chi connectivity index (χ2v) is 3.71. The first-order valence-electron chi connectivity index (χ1n) is 5.41. The number of hydrogen-bond acceptors (Lipinski definition) is 2. The largest absolute Gasteiger partial charge is 0.673 e. The molecule has 2 nitrogen and oxygen atoms in total. The van der Waals surface area contributed by atoms with Crippen LogP contribution in [-0.2, 0) is 0 Å². The van der Waals surface area contributed by atoms with Gasteiger partial charge in [-0.3, -0.25) is 9.97 Å². The van der Waals surface area contributed by atoms with Crippen LogP contribution in [0.1, 0.15) is 0 Å². The maximum atomic E-state index is 9.75. The van der Waals surface area contributed by atoms with Crippen molar-refractivity contribution in [3.8, 4) is 0 Å². The second kappa shape index (κ2) is 5.21. The van der Waals surface area contributed by atoms with E-state index < -0.39 is 7.25 Å². The molecule has 0 atom stereocenters. The van der Waals surface area contributed by atoms with E-state index in [0.29, 0.717) is 0 Å². The van der Waals surface area contributed by atoms with Crippen molar-refractivity contribution in [2.75, 3.05) is 0 Å². The average molecular weight is 267 g/mol. The molecule has 0 aliphatic carbocycles. The average Bonchev–Trinajstić information content (AvgIpc) is 2.37. The van der Waals surface area contributed by atoms with Crippen LogP contribution in [0.5, 0.6) is 0 Å². The highest BCUT2D eigenvalue weighted by Crippen LogP contribution is 2.20. The molecule has 3 aromatic rings. The van der Waals surface area contributed by atoms with E-state index in [-0.39, 0.29) is 0 Å². The van der Waals surface area contributed by atoms with Crippen molar-refractivity contribution in [1.29, 1.82) is 0 Å². The quantitative estimate of drug-likeness (QED) is 0.348. The lowest BCUT2D eigenvalue weighted by Gasteiger charge is -2.00. The molecule has 0 saturated carbocycles. The molecule has 7 heteroatoms. The van der Waals surface area contributed by atoms with E-state index in [1.165, 1.54) is 0 Å². The minimum atomic E-state index is -6.00. The minimum Gasteiger partial charge on any atom is -0.418 e. The lowest BCUT2D eigenvalue weighted by Crippen LogP contribution is -2.02. The van der Waals surface area contributed by atoms with E-state index in [4.69, 9.17) is 0 Å². The number of benzene rings is 1. The van der Waals surface area contributed by atoms with E-state index in [9.17, 15) is 17.3 Å². The summed E-state index contributed by atoms with van der Waals surface area (Å²) in [6, 6.07) is 12.1. The number of aromatic nitrogens is 2. The summed E-state index contributed by atoms with van der Waals surface area (Å²) < 4.78 is 39.0. The van der Waals surface area contributed by atoms with Crippen LogP contribution in [0.3, 0.4) is 0 Å². The smallest absolute Gasteiger partial charge is 0.418 e. The molecule has 2 heterocycles. The Balaban J connectivity index is 0.000000232. The van der Waals surface area contributed by atoms with Crippen molar-refractivity contribution in [3.05, 3.63) is 48.8 Å². The number of hydrogen-bond donors (Lipinski definition) is 0. The molecule has 0 spiro atoms. The third-order valence-corrected chi connectivity index (χ3v) is 2.35. The molecule has 0 aliphatic heterocycles. The van der Waals surface area contributed by atoms with Crippen molar-refractivity contribution in [1.82, 2.24) is 9.97 Å². The number of rotatable bonds is 0. The van der Waals surface area contributed by atoms with Gasteiger partial charge in [-0.15, -0.1) is 0 Å². The zero-order chi connectivity index (χ0) is 13.9. The van der Waals surface area contributed by atoms with Crippen LogP contribution < -0.4 is 0 Å². The first-order chi connectivity index (χ1) is 8.95. The molecule has 0 aliphatic rings. The van der Waals surface area contributed by atoms with Crippen molar-refractivity contribution in [2.24, 2.45) is 0 Å². The molecular weight excluding hydrogens is 259 g/mol. The Morgan fingerprint density at radius 1 is 0.789 bits per heavy atom. The molecule has 0 saturated heterocycles. The summed E-state index contributed by atoms with van der Waals surface area (Å²) in [4.78, 5) is 8.66. The van der Waals surface area contributed by atoms with Gasteiger partial charge in [0.15, 0.2) is 0 Å². The van der Waals surface area contributed by atoms with Gasteiger partial charge < -0.3 is 17.3 Å². The Morgan fingerprint density at radius 3 is 2.16 bits per heavy atom. The Kier molecular flexibility index (Phi) is 3.64. The summed E-state index contributed by atoms with van der Waals surface area (Å²) in [5.74, 6) is 0. The highest BCUT2D eigenvalue weighted by atomic mass is 19.5. The molecule has 19 heavy (non-hydrogen) atoms. The molecule has 1 aromatic carbocycles. The molecule has 0 fully saturated rings. The Labute approximate surface area is 106 Å². The van der Waals surface area contributed by atoms with Crippen molar-refractivity contribution >= 4 is 29.1 Å². The summed E-state index contributed by atoms with van der Waals surface area (Å²) in [5, 5.41) is 2.28. The van der Waals surface area contributed by atoms with Crippen molar-refractivity contribution in [3.63, 3.8) is 0 Å². The number of pyridine rings is 2. The van der Waals surface area contributed by atoms with Gasteiger partial charge in [-0.2, -0.15) is 0 Å². The van der Waals surface area contributed by atoms with Crippen LogP contribution in [0.4, 0.5) is 17.3 Å². The highest BCUT2D eigenvalue weighted by Gasteiger charge is 2.20. The van der Waals surface area contributed by atoms with E-state index >= 15 is 0 Å². The summed E-state index contributed by atoms with van der Waals surface area (Å²) in [6.07, 6.45) is 3.62. The first-order valence-corrected chi connectivity index (χ1v) is 5.41. The zero-order valence-electron chi connectivity index (χ0n) is 9.60. The molecule has 0 N–H and O–H groups in total. The number of fused-ring (bicyclic) bond motifs is 3. The summed E-state index contributed by atoms with van der Waals surface area (Å²) in [7, 11) is -6.00. The number of nitrogens with zero attached hydrogens (tertiary/aromatic N) is 2. The second-order valence-electron chi connectivity index (χ2n) is 3.71. The van der Waals surface area contributed by atoms with Gasteiger partial charge in [0.1, 0.15) is 0 Å². The lowest BCUT2D eigenvalue weighted by atomic mass is 10.1. The Morgan fingerprint density at radius 2 is 1.42 bits per heavy atom. The third kappa shape index (κ3) is 3.64. The predicted molar refractivity (Wildman–Crippen MR) is 67.2 cm³/mol. The molecule has 0 bridgehead atoms. The van der Waals surface area contributed by atoms with Gasteiger partial charge in [0.2, 0.25) is 0 Å². The van der Waals surface area contributed by atoms with Crippen LogP contribution in [-0.4, -0.2) is 17.2 Å². The van der Waals surface area contributed by atoms with E-state index in [1.54, 1.807) is 6.20 Å². The summed E-state index contributed by atoms with van der Waals surface area (Å²) >= 11 is 0. The van der Waals surface area contributed by atoms with Crippen LogP contribution in [0, 0.1) is 0 Å². The van der Waals surface area contributed by atoms with Gasteiger partial charge in [-0.05, 0) is 24.3 Å². The highest BCUT2D eigenvalue weighted by molar-refractivity contribution is 6.50. The van der Waals surface area contributed by atoms with Crippen molar-refractivity contribution in [2.45, 2.75) is 0 Å². The van der Waals surface area contributed by atoms with E-state index in [2.05, 4.69) is 28.2 Å². The minimum absolute atomic E-state index is 0.999. The topological polar surface area (TPSA) is 25.8 Å². The molecular formula is C12H8BF4N2-.